The van der Waals surface area contributed by atoms with Crippen LogP contribution in [0.1, 0.15) is 16.1 Å². The van der Waals surface area contributed by atoms with Crippen molar-refractivity contribution >= 4 is 23.6 Å². The monoisotopic (exact) mass is 265 g/mol. The lowest BCUT2D eigenvalue weighted by Crippen LogP contribution is -1.97. The topological polar surface area (TPSA) is 78.0 Å². The number of nitro groups is 1. The van der Waals surface area contributed by atoms with Crippen LogP contribution < -0.4 is 0 Å². The SMILES string of the molecule is Cc1nn(-c2ccc([N+](=O)[O-])cc2)c(Cl)c1C=O. The van der Waals surface area contributed by atoms with Gasteiger partial charge in [0.15, 0.2) is 6.29 Å². The highest BCUT2D eigenvalue weighted by Gasteiger charge is 2.14. The van der Waals surface area contributed by atoms with Crippen LogP contribution in [0.4, 0.5) is 5.69 Å². The number of aryl methyl sites for hydroxylation is 1. The molecule has 0 aliphatic rings. The van der Waals surface area contributed by atoms with Crippen molar-refractivity contribution in [3.8, 4) is 5.69 Å². The third kappa shape index (κ3) is 1.98. The number of rotatable bonds is 3. The second-order valence-electron chi connectivity index (χ2n) is 3.59. The molecule has 0 saturated heterocycles. The summed E-state index contributed by atoms with van der Waals surface area (Å²) in [6, 6.07) is 5.74. The van der Waals surface area contributed by atoms with Gasteiger partial charge in [-0.1, -0.05) is 11.6 Å². The van der Waals surface area contributed by atoms with E-state index >= 15 is 0 Å². The zero-order chi connectivity index (χ0) is 13.3. The Kier molecular flexibility index (Phi) is 3.12. The molecule has 18 heavy (non-hydrogen) atoms. The summed E-state index contributed by atoms with van der Waals surface area (Å²) in [6.45, 7) is 1.66. The van der Waals surface area contributed by atoms with Crippen molar-refractivity contribution in [3.63, 3.8) is 0 Å². The first kappa shape index (κ1) is 12.3. The standard InChI is InChI=1S/C11H8ClN3O3/c1-7-10(6-16)11(12)14(13-7)8-2-4-9(5-3-8)15(17)18/h2-6H,1H3. The predicted molar refractivity (Wildman–Crippen MR) is 65.4 cm³/mol. The minimum Gasteiger partial charge on any atom is -0.298 e. The Hall–Kier alpha value is -2.21. The molecular formula is C11H8ClN3O3. The molecule has 92 valence electrons. The van der Waals surface area contributed by atoms with Gasteiger partial charge in [0, 0.05) is 12.1 Å². The van der Waals surface area contributed by atoms with Crippen molar-refractivity contribution in [1.29, 1.82) is 0 Å². The van der Waals surface area contributed by atoms with E-state index in [1.165, 1.54) is 28.9 Å². The molecule has 0 saturated carbocycles. The number of carbonyl (C=O) groups excluding carboxylic acids is 1. The highest BCUT2D eigenvalue weighted by Crippen LogP contribution is 2.23. The number of aromatic nitrogens is 2. The molecule has 0 unspecified atom stereocenters. The normalized spacial score (nSPS) is 10.3. The zero-order valence-electron chi connectivity index (χ0n) is 9.33. The van der Waals surface area contributed by atoms with Gasteiger partial charge in [-0.3, -0.25) is 14.9 Å². The Morgan fingerprint density at radius 3 is 2.44 bits per heavy atom. The fourth-order valence-corrected chi connectivity index (χ4v) is 1.85. The molecule has 0 radical (unpaired) electrons. The summed E-state index contributed by atoms with van der Waals surface area (Å²) in [5.74, 6) is 0. The molecule has 0 bridgehead atoms. The van der Waals surface area contributed by atoms with E-state index < -0.39 is 4.92 Å². The van der Waals surface area contributed by atoms with Gasteiger partial charge in [0.2, 0.25) is 0 Å². The van der Waals surface area contributed by atoms with Crippen LogP contribution in [0, 0.1) is 17.0 Å². The van der Waals surface area contributed by atoms with Gasteiger partial charge < -0.3 is 0 Å². The van der Waals surface area contributed by atoms with Gasteiger partial charge in [0.25, 0.3) is 5.69 Å². The lowest BCUT2D eigenvalue weighted by atomic mass is 10.3. The van der Waals surface area contributed by atoms with Gasteiger partial charge in [-0.2, -0.15) is 5.10 Å². The van der Waals surface area contributed by atoms with E-state index in [1.807, 2.05) is 0 Å². The molecule has 0 N–H and O–H groups in total. The summed E-state index contributed by atoms with van der Waals surface area (Å²) in [5.41, 5.74) is 1.36. The fourth-order valence-electron chi connectivity index (χ4n) is 1.53. The average Bonchev–Trinajstić information content (AvgIpc) is 2.64. The maximum atomic E-state index is 10.8. The first-order valence-electron chi connectivity index (χ1n) is 4.99. The van der Waals surface area contributed by atoms with Crippen LogP contribution in [-0.2, 0) is 0 Å². The van der Waals surface area contributed by atoms with Crippen LogP contribution in [-0.4, -0.2) is 21.0 Å². The molecule has 6 nitrogen and oxygen atoms in total. The van der Waals surface area contributed by atoms with Crippen molar-refractivity contribution in [3.05, 3.63) is 50.8 Å². The average molecular weight is 266 g/mol. The molecule has 0 atom stereocenters. The number of carbonyl (C=O) groups is 1. The largest absolute Gasteiger partial charge is 0.298 e. The Morgan fingerprint density at radius 1 is 1.39 bits per heavy atom. The van der Waals surface area contributed by atoms with E-state index in [2.05, 4.69) is 5.10 Å². The quantitative estimate of drug-likeness (QED) is 0.485. The lowest BCUT2D eigenvalue weighted by Gasteiger charge is -2.02. The Bertz CT molecular complexity index is 619. The molecule has 1 aromatic heterocycles. The van der Waals surface area contributed by atoms with Crippen molar-refractivity contribution in [2.24, 2.45) is 0 Å². The highest BCUT2D eigenvalue weighted by molar-refractivity contribution is 6.32. The van der Waals surface area contributed by atoms with Crippen molar-refractivity contribution in [2.45, 2.75) is 6.92 Å². The second-order valence-corrected chi connectivity index (χ2v) is 3.95. The molecule has 7 heteroatoms. The number of nitro benzene ring substituents is 1. The number of aldehydes is 1. The molecule has 1 aromatic carbocycles. The number of nitrogens with zero attached hydrogens (tertiary/aromatic N) is 3. The number of benzene rings is 1. The van der Waals surface area contributed by atoms with Crippen molar-refractivity contribution in [2.75, 3.05) is 0 Å². The minimum absolute atomic E-state index is 0.0191. The summed E-state index contributed by atoms with van der Waals surface area (Å²) < 4.78 is 1.37. The molecule has 0 amide bonds. The van der Waals surface area contributed by atoms with E-state index in [0.29, 0.717) is 23.2 Å². The van der Waals surface area contributed by atoms with Crippen LogP contribution in [0.15, 0.2) is 24.3 Å². The van der Waals surface area contributed by atoms with Gasteiger partial charge in [0.05, 0.1) is 21.9 Å². The molecule has 0 aliphatic heterocycles. The zero-order valence-corrected chi connectivity index (χ0v) is 10.1. The molecule has 0 spiro atoms. The van der Waals surface area contributed by atoms with E-state index in [1.54, 1.807) is 6.92 Å². The van der Waals surface area contributed by atoms with Gasteiger partial charge >= 0.3 is 0 Å². The first-order valence-corrected chi connectivity index (χ1v) is 5.37. The van der Waals surface area contributed by atoms with Crippen LogP contribution in [0.3, 0.4) is 0 Å². The maximum absolute atomic E-state index is 10.8. The number of hydrogen-bond donors (Lipinski definition) is 0. The predicted octanol–water partition coefficient (Wildman–Crippen LogP) is 2.55. The highest BCUT2D eigenvalue weighted by atomic mass is 35.5. The Labute approximate surface area is 107 Å². The summed E-state index contributed by atoms with van der Waals surface area (Å²) in [5, 5.41) is 14.8. The molecular weight excluding hydrogens is 258 g/mol. The number of halogens is 1. The Morgan fingerprint density at radius 2 is 2.00 bits per heavy atom. The molecule has 1 heterocycles. The Balaban J connectivity index is 2.49. The summed E-state index contributed by atoms with van der Waals surface area (Å²) >= 11 is 6.00. The second kappa shape index (κ2) is 4.58. The van der Waals surface area contributed by atoms with Crippen molar-refractivity contribution < 1.29 is 9.72 Å². The summed E-state index contributed by atoms with van der Waals surface area (Å²) in [4.78, 5) is 20.9. The van der Waals surface area contributed by atoms with Crippen LogP contribution in [0.5, 0.6) is 0 Å². The van der Waals surface area contributed by atoms with Gasteiger partial charge in [0.1, 0.15) is 5.15 Å². The van der Waals surface area contributed by atoms with E-state index in [0.717, 1.165) is 0 Å². The van der Waals surface area contributed by atoms with Gasteiger partial charge in [-0.05, 0) is 19.1 Å². The number of non-ortho nitro benzene ring substituents is 1. The first-order chi connectivity index (χ1) is 8.54. The summed E-state index contributed by atoms with van der Waals surface area (Å²) in [7, 11) is 0. The smallest absolute Gasteiger partial charge is 0.269 e. The van der Waals surface area contributed by atoms with Crippen LogP contribution >= 0.6 is 11.6 Å². The third-order valence-corrected chi connectivity index (χ3v) is 2.83. The van der Waals surface area contributed by atoms with E-state index in [4.69, 9.17) is 11.6 Å². The molecule has 0 aliphatic carbocycles. The van der Waals surface area contributed by atoms with Crippen molar-refractivity contribution in [1.82, 2.24) is 9.78 Å². The van der Waals surface area contributed by atoms with E-state index in [9.17, 15) is 14.9 Å². The number of hydrogen-bond acceptors (Lipinski definition) is 4. The molecule has 0 fully saturated rings. The minimum atomic E-state index is -0.490. The van der Waals surface area contributed by atoms with E-state index in [-0.39, 0.29) is 10.8 Å². The summed E-state index contributed by atoms with van der Waals surface area (Å²) in [6.07, 6.45) is 0.632. The fraction of sp³-hybridized carbons (Fsp3) is 0.0909. The van der Waals surface area contributed by atoms with Gasteiger partial charge in [-0.25, -0.2) is 4.68 Å². The van der Waals surface area contributed by atoms with Gasteiger partial charge in [-0.15, -0.1) is 0 Å². The lowest BCUT2D eigenvalue weighted by molar-refractivity contribution is -0.384. The maximum Gasteiger partial charge on any atom is 0.269 e. The molecule has 2 rings (SSSR count). The van der Waals surface area contributed by atoms with Crippen LogP contribution in [0.25, 0.3) is 5.69 Å². The third-order valence-electron chi connectivity index (χ3n) is 2.47. The van der Waals surface area contributed by atoms with Crippen LogP contribution in [0.2, 0.25) is 5.15 Å². The molecule has 2 aromatic rings.